The molecule has 0 atom stereocenters. The maximum absolute atomic E-state index is 10.7. The number of carboxylic acid groups (broad SMARTS) is 1. The second-order valence-electron chi connectivity index (χ2n) is 3.42. The molecule has 0 saturated heterocycles. The van der Waals surface area contributed by atoms with Gasteiger partial charge in [0, 0.05) is 18.9 Å². The van der Waals surface area contributed by atoms with E-state index < -0.39 is 11.4 Å². The topological polar surface area (TPSA) is 55.1 Å². The highest BCUT2D eigenvalue weighted by Gasteiger charge is 2.27. The Labute approximate surface area is 70.9 Å². The van der Waals surface area contributed by atoms with Crippen LogP contribution in [0.1, 0.15) is 13.8 Å². The number of rotatable bonds is 3. The predicted octanol–water partition coefficient (Wildman–Crippen LogP) is 0.994. The normalized spacial score (nSPS) is 11.5. The van der Waals surface area contributed by atoms with Gasteiger partial charge in [-0.05, 0) is 13.8 Å². The van der Waals surface area contributed by atoms with Crippen molar-refractivity contribution in [1.82, 2.24) is 9.55 Å². The average Bonchev–Trinajstić information content (AvgIpc) is 2.38. The molecule has 0 amide bonds. The lowest BCUT2D eigenvalue weighted by Crippen LogP contribution is -2.28. The molecule has 0 saturated carbocycles. The van der Waals surface area contributed by atoms with E-state index in [0.717, 1.165) is 0 Å². The van der Waals surface area contributed by atoms with Gasteiger partial charge < -0.3 is 9.67 Å². The van der Waals surface area contributed by atoms with Crippen LogP contribution in [0, 0.1) is 5.41 Å². The van der Waals surface area contributed by atoms with Gasteiger partial charge in [-0.15, -0.1) is 0 Å². The number of imidazole rings is 1. The minimum absolute atomic E-state index is 0.447. The lowest BCUT2D eigenvalue weighted by Gasteiger charge is -2.18. The zero-order valence-electron chi connectivity index (χ0n) is 7.19. The summed E-state index contributed by atoms with van der Waals surface area (Å²) in [6.45, 7) is 3.83. The summed E-state index contributed by atoms with van der Waals surface area (Å²) in [5.74, 6) is -0.795. The molecule has 1 rings (SSSR count). The van der Waals surface area contributed by atoms with Crippen molar-refractivity contribution in [1.29, 1.82) is 0 Å². The van der Waals surface area contributed by atoms with Crippen LogP contribution in [0.3, 0.4) is 0 Å². The van der Waals surface area contributed by atoms with Gasteiger partial charge >= 0.3 is 5.97 Å². The number of carboxylic acids is 1. The van der Waals surface area contributed by atoms with Crippen molar-refractivity contribution < 1.29 is 9.90 Å². The van der Waals surface area contributed by atoms with Gasteiger partial charge in [0.2, 0.25) is 0 Å². The second kappa shape index (κ2) is 2.97. The first kappa shape index (κ1) is 8.77. The van der Waals surface area contributed by atoms with Crippen LogP contribution >= 0.6 is 0 Å². The highest BCUT2D eigenvalue weighted by Crippen LogP contribution is 2.17. The Kier molecular flexibility index (Phi) is 2.17. The minimum atomic E-state index is -0.795. The molecule has 0 unspecified atom stereocenters. The van der Waals surface area contributed by atoms with E-state index in [2.05, 4.69) is 4.98 Å². The highest BCUT2D eigenvalue weighted by molar-refractivity contribution is 5.73. The number of hydrogen-bond acceptors (Lipinski definition) is 2. The first-order valence-corrected chi connectivity index (χ1v) is 3.71. The predicted molar refractivity (Wildman–Crippen MR) is 43.6 cm³/mol. The van der Waals surface area contributed by atoms with Crippen molar-refractivity contribution >= 4 is 5.97 Å². The Bertz CT molecular complexity index is 265. The molecule has 0 aliphatic heterocycles. The van der Waals surface area contributed by atoms with Crippen LogP contribution in [0.2, 0.25) is 0 Å². The van der Waals surface area contributed by atoms with E-state index in [0.29, 0.717) is 6.54 Å². The summed E-state index contributed by atoms with van der Waals surface area (Å²) >= 11 is 0. The fraction of sp³-hybridized carbons (Fsp3) is 0.500. The highest BCUT2D eigenvalue weighted by atomic mass is 16.4. The van der Waals surface area contributed by atoms with E-state index in [1.807, 2.05) is 0 Å². The fourth-order valence-corrected chi connectivity index (χ4v) is 0.904. The molecule has 4 nitrogen and oxygen atoms in total. The molecule has 0 aliphatic carbocycles. The number of carbonyl (C=O) groups is 1. The van der Waals surface area contributed by atoms with Crippen molar-refractivity contribution in [2.24, 2.45) is 5.41 Å². The summed E-state index contributed by atoms with van der Waals surface area (Å²) in [5, 5.41) is 8.81. The minimum Gasteiger partial charge on any atom is -0.481 e. The molecule has 1 N–H and O–H groups in total. The number of aromatic nitrogens is 2. The first-order valence-electron chi connectivity index (χ1n) is 3.71. The largest absolute Gasteiger partial charge is 0.481 e. The third-order valence-electron chi connectivity index (χ3n) is 1.72. The van der Waals surface area contributed by atoms with E-state index in [9.17, 15) is 4.79 Å². The lowest BCUT2D eigenvalue weighted by atomic mass is 9.94. The Morgan fingerprint density at radius 2 is 2.33 bits per heavy atom. The second-order valence-corrected chi connectivity index (χ2v) is 3.42. The van der Waals surface area contributed by atoms with Gasteiger partial charge in [-0.25, -0.2) is 4.98 Å². The molecular weight excluding hydrogens is 156 g/mol. The standard InChI is InChI=1S/C8H12N2O2/c1-8(2,7(11)12)5-10-4-3-9-6-10/h3-4,6H,5H2,1-2H3,(H,11,12). The van der Waals surface area contributed by atoms with Gasteiger partial charge in [0.1, 0.15) is 0 Å². The van der Waals surface area contributed by atoms with Gasteiger partial charge in [0.25, 0.3) is 0 Å². The van der Waals surface area contributed by atoms with Crippen LogP contribution in [0.4, 0.5) is 0 Å². The molecule has 1 aromatic rings. The summed E-state index contributed by atoms with van der Waals surface area (Å²) in [6.07, 6.45) is 5.01. The summed E-state index contributed by atoms with van der Waals surface area (Å²) in [4.78, 5) is 14.5. The third-order valence-corrected chi connectivity index (χ3v) is 1.72. The molecule has 4 heteroatoms. The van der Waals surface area contributed by atoms with Crippen LogP contribution < -0.4 is 0 Å². The zero-order valence-corrected chi connectivity index (χ0v) is 7.19. The summed E-state index contributed by atoms with van der Waals surface area (Å²) in [5.41, 5.74) is -0.735. The van der Waals surface area contributed by atoms with Crippen molar-refractivity contribution in [3.8, 4) is 0 Å². The first-order chi connectivity index (χ1) is 5.52. The van der Waals surface area contributed by atoms with Crippen LogP contribution in [0.5, 0.6) is 0 Å². The molecule has 12 heavy (non-hydrogen) atoms. The molecule has 0 aromatic carbocycles. The van der Waals surface area contributed by atoms with Gasteiger partial charge in [0.05, 0.1) is 11.7 Å². The van der Waals surface area contributed by atoms with E-state index in [1.165, 1.54) is 0 Å². The zero-order chi connectivity index (χ0) is 9.19. The van der Waals surface area contributed by atoms with Gasteiger partial charge in [-0.1, -0.05) is 0 Å². The molecule has 1 aromatic heterocycles. The Morgan fingerprint density at radius 1 is 1.67 bits per heavy atom. The van der Waals surface area contributed by atoms with Crippen LogP contribution in [0.25, 0.3) is 0 Å². The smallest absolute Gasteiger partial charge is 0.310 e. The maximum Gasteiger partial charge on any atom is 0.310 e. The monoisotopic (exact) mass is 168 g/mol. The number of nitrogens with zero attached hydrogens (tertiary/aromatic N) is 2. The number of hydrogen-bond donors (Lipinski definition) is 1. The van der Waals surface area contributed by atoms with Crippen LogP contribution in [0.15, 0.2) is 18.7 Å². The van der Waals surface area contributed by atoms with Crippen LogP contribution in [-0.4, -0.2) is 20.6 Å². The Morgan fingerprint density at radius 3 is 2.75 bits per heavy atom. The molecular formula is C8H12N2O2. The molecule has 1 heterocycles. The molecule has 0 spiro atoms. The average molecular weight is 168 g/mol. The molecule has 0 bridgehead atoms. The van der Waals surface area contributed by atoms with Gasteiger partial charge in [-0.2, -0.15) is 0 Å². The Hall–Kier alpha value is -1.32. The van der Waals surface area contributed by atoms with Crippen molar-refractivity contribution in [3.63, 3.8) is 0 Å². The maximum atomic E-state index is 10.7. The quantitative estimate of drug-likeness (QED) is 0.732. The Balaban J connectivity index is 2.69. The number of aliphatic carboxylic acids is 1. The SMILES string of the molecule is CC(C)(Cn1ccnc1)C(=O)O. The van der Waals surface area contributed by atoms with E-state index in [-0.39, 0.29) is 0 Å². The van der Waals surface area contributed by atoms with Crippen molar-refractivity contribution in [2.45, 2.75) is 20.4 Å². The van der Waals surface area contributed by atoms with Gasteiger partial charge in [0.15, 0.2) is 0 Å². The van der Waals surface area contributed by atoms with Gasteiger partial charge in [-0.3, -0.25) is 4.79 Å². The molecule has 0 aliphatic rings. The molecule has 66 valence electrons. The summed E-state index contributed by atoms with van der Waals surface area (Å²) in [7, 11) is 0. The fourth-order valence-electron chi connectivity index (χ4n) is 0.904. The van der Waals surface area contributed by atoms with Crippen molar-refractivity contribution in [2.75, 3.05) is 0 Å². The van der Waals surface area contributed by atoms with E-state index >= 15 is 0 Å². The lowest BCUT2D eigenvalue weighted by molar-refractivity contribution is -0.147. The van der Waals surface area contributed by atoms with Crippen LogP contribution in [-0.2, 0) is 11.3 Å². The van der Waals surface area contributed by atoms with Crippen molar-refractivity contribution in [3.05, 3.63) is 18.7 Å². The third kappa shape index (κ3) is 1.84. The molecule has 0 fully saturated rings. The molecule has 0 radical (unpaired) electrons. The summed E-state index contributed by atoms with van der Waals surface area (Å²) in [6, 6.07) is 0. The van der Waals surface area contributed by atoms with E-state index in [4.69, 9.17) is 5.11 Å². The van der Waals surface area contributed by atoms with E-state index in [1.54, 1.807) is 37.1 Å². The summed E-state index contributed by atoms with van der Waals surface area (Å²) < 4.78 is 1.76.